The SMILES string of the molecule is CC(=O)CC(CCc1ccc(O[Si](C)(C)C(C)(C)C)cc1)(CC1SCCS1)S(=O)(=O)c1ccc(C)cc1. The molecule has 37 heavy (non-hydrogen) atoms. The fourth-order valence-electron chi connectivity index (χ4n) is 4.40. The first kappa shape index (κ1) is 30.3. The summed E-state index contributed by atoms with van der Waals surface area (Å²) in [7, 11) is -5.69. The third-order valence-electron chi connectivity index (χ3n) is 7.67. The first-order chi connectivity index (χ1) is 17.2. The molecule has 0 aliphatic carbocycles. The van der Waals surface area contributed by atoms with Gasteiger partial charge in [-0.3, -0.25) is 4.79 Å². The summed E-state index contributed by atoms with van der Waals surface area (Å²) in [4.78, 5) is 12.9. The van der Waals surface area contributed by atoms with E-state index in [1.54, 1.807) is 12.1 Å². The molecule has 204 valence electrons. The van der Waals surface area contributed by atoms with Gasteiger partial charge in [0.1, 0.15) is 11.5 Å². The maximum absolute atomic E-state index is 14.2. The summed E-state index contributed by atoms with van der Waals surface area (Å²) in [5.41, 5.74) is 2.07. The number of aryl methyl sites for hydroxylation is 2. The molecule has 0 saturated carbocycles. The molecule has 1 atom stereocenters. The fourth-order valence-corrected chi connectivity index (χ4v) is 10.9. The second-order valence-corrected chi connectivity index (χ2v) is 21.7. The Kier molecular flexibility index (Phi) is 9.74. The summed E-state index contributed by atoms with van der Waals surface area (Å²) in [6.45, 7) is 14.6. The van der Waals surface area contributed by atoms with E-state index in [1.807, 2.05) is 66.8 Å². The van der Waals surface area contributed by atoms with Gasteiger partial charge in [-0.15, -0.1) is 23.5 Å². The van der Waals surface area contributed by atoms with Gasteiger partial charge < -0.3 is 4.43 Å². The highest BCUT2D eigenvalue weighted by Crippen LogP contribution is 2.45. The van der Waals surface area contributed by atoms with E-state index in [-0.39, 0.29) is 21.8 Å². The fraction of sp³-hybridized carbons (Fsp3) is 0.552. The summed E-state index contributed by atoms with van der Waals surface area (Å²) in [5.74, 6) is 2.82. The lowest BCUT2D eigenvalue weighted by Gasteiger charge is -2.36. The number of carbonyl (C=O) groups is 1. The second kappa shape index (κ2) is 11.9. The predicted octanol–water partition coefficient (Wildman–Crippen LogP) is 7.70. The molecule has 0 N–H and O–H groups in total. The van der Waals surface area contributed by atoms with E-state index >= 15 is 0 Å². The van der Waals surface area contributed by atoms with Crippen molar-refractivity contribution in [3.05, 3.63) is 59.7 Å². The molecule has 1 fully saturated rings. The molecule has 4 nitrogen and oxygen atoms in total. The quantitative estimate of drug-likeness (QED) is 0.255. The van der Waals surface area contributed by atoms with Crippen LogP contribution >= 0.6 is 23.5 Å². The van der Waals surface area contributed by atoms with Crippen molar-refractivity contribution in [2.75, 3.05) is 11.5 Å². The molecule has 8 heteroatoms. The lowest BCUT2D eigenvalue weighted by atomic mass is 9.91. The minimum absolute atomic E-state index is 0.0351. The van der Waals surface area contributed by atoms with Crippen molar-refractivity contribution >= 4 is 47.5 Å². The van der Waals surface area contributed by atoms with E-state index in [0.29, 0.717) is 24.2 Å². The summed E-state index contributed by atoms with van der Waals surface area (Å²) in [5, 5.41) is 0.110. The zero-order chi connectivity index (χ0) is 27.5. The monoisotopic (exact) mass is 578 g/mol. The van der Waals surface area contributed by atoms with Crippen LogP contribution < -0.4 is 4.43 Å². The van der Waals surface area contributed by atoms with Crippen molar-refractivity contribution in [3.63, 3.8) is 0 Å². The van der Waals surface area contributed by atoms with Crippen molar-refractivity contribution in [1.29, 1.82) is 0 Å². The van der Waals surface area contributed by atoms with Crippen molar-refractivity contribution in [2.45, 2.75) is 92.7 Å². The molecule has 2 aromatic rings. The van der Waals surface area contributed by atoms with Crippen LogP contribution in [0.1, 0.15) is 58.1 Å². The molecule has 0 aromatic heterocycles. The minimum Gasteiger partial charge on any atom is -0.544 e. The number of hydrogen-bond donors (Lipinski definition) is 0. The highest BCUT2D eigenvalue weighted by Gasteiger charge is 2.47. The van der Waals surface area contributed by atoms with Gasteiger partial charge in [0.2, 0.25) is 8.32 Å². The molecule has 0 spiro atoms. The maximum Gasteiger partial charge on any atom is 0.250 e. The average Bonchev–Trinajstić information content (AvgIpc) is 3.30. The molecule has 1 aliphatic heterocycles. The van der Waals surface area contributed by atoms with Crippen LogP contribution in [0.2, 0.25) is 18.1 Å². The zero-order valence-corrected chi connectivity index (χ0v) is 26.7. The van der Waals surface area contributed by atoms with Gasteiger partial charge in [0.25, 0.3) is 0 Å². The van der Waals surface area contributed by atoms with Crippen LogP contribution in [-0.2, 0) is 21.1 Å². The normalized spacial score (nSPS) is 16.9. The maximum atomic E-state index is 14.2. The number of hydrogen-bond acceptors (Lipinski definition) is 6. The third-order valence-corrected chi connectivity index (χ3v) is 17.6. The van der Waals surface area contributed by atoms with Crippen molar-refractivity contribution in [2.24, 2.45) is 0 Å². The molecule has 0 amide bonds. The molecule has 0 radical (unpaired) electrons. The summed E-state index contributed by atoms with van der Waals surface area (Å²) in [6, 6.07) is 15.1. The number of Topliss-reactive ketones (excluding diaryl/α,β-unsaturated/α-hetero) is 1. The highest BCUT2D eigenvalue weighted by molar-refractivity contribution is 8.20. The minimum atomic E-state index is -3.75. The van der Waals surface area contributed by atoms with E-state index in [2.05, 4.69) is 33.9 Å². The number of rotatable bonds is 11. The van der Waals surface area contributed by atoms with Crippen molar-refractivity contribution < 1.29 is 17.6 Å². The second-order valence-electron chi connectivity index (χ2n) is 11.8. The van der Waals surface area contributed by atoms with Gasteiger partial charge in [0.05, 0.1) is 14.2 Å². The topological polar surface area (TPSA) is 60.4 Å². The van der Waals surface area contributed by atoms with Gasteiger partial charge in [-0.25, -0.2) is 8.42 Å². The number of ketones is 1. The van der Waals surface area contributed by atoms with Gasteiger partial charge in [0, 0.05) is 17.9 Å². The lowest BCUT2D eigenvalue weighted by Crippen LogP contribution is -2.43. The smallest absolute Gasteiger partial charge is 0.250 e. The predicted molar refractivity (Wildman–Crippen MR) is 162 cm³/mol. The van der Waals surface area contributed by atoms with Crippen LogP contribution in [0.15, 0.2) is 53.4 Å². The number of sulfone groups is 1. The number of thioether (sulfide) groups is 2. The average molecular weight is 579 g/mol. The molecular weight excluding hydrogens is 537 g/mol. The van der Waals surface area contributed by atoms with Gasteiger partial charge in [-0.05, 0) is 81.1 Å². The van der Waals surface area contributed by atoms with Gasteiger partial charge in [-0.2, -0.15) is 0 Å². The highest BCUT2D eigenvalue weighted by atomic mass is 32.2. The van der Waals surface area contributed by atoms with Crippen LogP contribution in [0.3, 0.4) is 0 Å². The summed E-state index contributed by atoms with van der Waals surface area (Å²) >= 11 is 3.63. The first-order valence-electron chi connectivity index (χ1n) is 13.0. The number of benzene rings is 2. The largest absolute Gasteiger partial charge is 0.544 e. The van der Waals surface area contributed by atoms with Crippen LogP contribution in [0.25, 0.3) is 0 Å². The Labute approximate surface area is 233 Å². The summed E-state index contributed by atoms with van der Waals surface area (Å²) in [6.07, 6.45) is 1.50. The molecule has 1 heterocycles. The third kappa shape index (κ3) is 7.46. The lowest BCUT2D eigenvalue weighted by molar-refractivity contribution is -0.117. The van der Waals surface area contributed by atoms with Crippen LogP contribution in [0, 0.1) is 6.92 Å². The molecule has 1 aliphatic rings. The Morgan fingerprint density at radius 2 is 1.57 bits per heavy atom. The van der Waals surface area contributed by atoms with E-state index in [1.165, 1.54) is 6.92 Å². The van der Waals surface area contributed by atoms with Gasteiger partial charge >= 0.3 is 0 Å². The Bertz CT molecular complexity index is 1160. The Morgan fingerprint density at radius 3 is 2.08 bits per heavy atom. The van der Waals surface area contributed by atoms with E-state index in [9.17, 15) is 13.2 Å². The molecule has 1 unspecified atom stereocenters. The number of carbonyl (C=O) groups excluding carboxylic acids is 1. The van der Waals surface area contributed by atoms with Crippen LogP contribution in [0.4, 0.5) is 0 Å². The van der Waals surface area contributed by atoms with Crippen molar-refractivity contribution in [1.82, 2.24) is 0 Å². The Balaban J connectivity index is 1.91. The molecule has 3 rings (SSSR count). The Morgan fingerprint density at radius 1 is 1.00 bits per heavy atom. The van der Waals surface area contributed by atoms with Crippen LogP contribution in [0.5, 0.6) is 5.75 Å². The molecule has 0 bridgehead atoms. The van der Waals surface area contributed by atoms with E-state index < -0.39 is 22.9 Å². The molecule has 2 aromatic carbocycles. The first-order valence-corrected chi connectivity index (χ1v) is 19.5. The molecule has 1 saturated heterocycles. The zero-order valence-electron chi connectivity index (χ0n) is 23.3. The van der Waals surface area contributed by atoms with Gasteiger partial charge in [-0.1, -0.05) is 50.6 Å². The molecular formula is C29H42O4S3Si. The van der Waals surface area contributed by atoms with E-state index in [4.69, 9.17) is 4.43 Å². The van der Waals surface area contributed by atoms with Crippen LogP contribution in [-0.4, -0.2) is 43.4 Å². The summed E-state index contributed by atoms with van der Waals surface area (Å²) < 4.78 is 33.9. The van der Waals surface area contributed by atoms with Gasteiger partial charge in [0.15, 0.2) is 9.84 Å². The Hall–Kier alpha value is -1.22. The standard InChI is InChI=1S/C29H42O4S3Si/c1-22-8-14-26(15-9-22)36(31,32)29(20-23(2)30,21-27-34-18-19-35-27)17-16-24-10-12-25(13-11-24)33-37(6,7)28(3,4)5/h8-15,27H,16-21H2,1-7H3. The van der Waals surface area contributed by atoms with E-state index in [0.717, 1.165) is 28.4 Å². The van der Waals surface area contributed by atoms with Crippen molar-refractivity contribution in [3.8, 4) is 5.75 Å².